The molecule has 0 fully saturated rings. The number of hydrogen-bond donors (Lipinski definition) is 1. The Bertz CT molecular complexity index is 1090. The average Bonchev–Trinajstić information content (AvgIpc) is 2.67. The van der Waals surface area contributed by atoms with Gasteiger partial charge in [0.2, 0.25) is 0 Å². The van der Waals surface area contributed by atoms with E-state index in [-0.39, 0.29) is 11.3 Å². The van der Waals surface area contributed by atoms with Crippen LogP contribution in [-0.4, -0.2) is 36.3 Å². The van der Waals surface area contributed by atoms with E-state index < -0.39 is 20.6 Å². The van der Waals surface area contributed by atoms with E-state index in [1.807, 2.05) is 6.07 Å². The molecule has 0 aliphatic rings. The van der Waals surface area contributed by atoms with E-state index in [4.69, 9.17) is 4.74 Å². The zero-order valence-corrected chi connectivity index (χ0v) is 15.7. The summed E-state index contributed by atoms with van der Waals surface area (Å²) in [4.78, 5) is 16.2. The molecular weight excluding hydrogens is 366 g/mol. The van der Waals surface area contributed by atoms with Gasteiger partial charge in [0.05, 0.1) is 17.5 Å². The van der Waals surface area contributed by atoms with Crippen molar-refractivity contribution in [1.82, 2.24) is 4.98 Å². The van der Waals surface area contributed by atoms with Gasteiger partial charge in [0, 0.05) is 18.0 Å². The van der Waals surface area contributed by atoms with Crippen LogP contribution in [0.1, 0.15) is 12.5 Å². The molecule has 0 aliphatic carbocycles. The molecule has 0 aliphatic heterocycles. The number of nitrogens with zero attached hydrogens (tertiary/aromatic N) is 1. The highest BCUT2D eigenvalue weighted by molar-refractivity contribution is 7.93. The van der Waals surface area contributed by atoms with E-state index in [2.05, 4.69) is 4.98 Å². The first-order valence-corrected chi connectivity index (χ1v) is 9.72. The number of fused-ring (bicyclic) bond motifs is 1. The van der Waals surface area contributed by atoms with Crippen LogP contribution >= 0.6 is 0 Å². The number of carbonyl (C=O) groups is 1. The molecule has 0 spiro atoms. The molecule has 140 valence electrons. The molecule has 0 radical (unpaired) electrons. The summed E-state index contributed by atoms with van der Waals surface area (Å²) in [6.45, 7) is 1.24. The van der Waals surface area contributed by atoms with Crippen molar-refractivity contribution in [2.24, 2.45) is 0 Å². The van der Waals surface area contributed by atoms with Gasteiger partial charge in [-0.1, -0.05) is 12.1 Å². The fraction of sp³-hybridized carbons (Fsp3) is 0.200. The third kappa shape index (κ3) is 3.38. The topological polar surface area (TPSA) is 93.6 Å². The standard InChI is InChI=1S/C20H19NO5S/c1-20(19(22)23,27(24,25)17-8-6-16(26-2)7-9-17)13-14-5-10-18-15(12-14)4-3-11-21-18/h3-12H,13H2,1-2H3,(H,22,23). The van der Waals surface area contributed by atoms with Crippen LogP contribution in [0.3, 0.4) is 0 Å². The third-order valence-corrected chi connectivity index (χ3v) is 7.02. The largest absolute Gasteiger partial charge is 0.497 e. The van der Waals surface area contributed by atoms with Crippen molar-refractivity contribution < 1.29 is 23.1 Å². The maximum absolute atomic E-state index is 13.1. The van der Waals surface area contributed by atoms with E-state index in [9.17, 15) is 18.3 Å². The number of carboxylic acid groups (broad SMARTS) is 1. The van der Waals surface area contributed by atoms with Crippen molar-refractivity contribution in [3.8, 4) is 5.75 Å². The van der Waals surface area contributed by atoms with Crippen LogP contribution < -0.4 is 4.74 Å². The molecular formula is C20H19NO5S. The molecule has 3 rings (SSSR count). The molecule has 6 nitrogen and oxygen atoms in total. The first kappa shape index (κ1) is 18.8. The monoisotopic (exact) mass is 385 g/mol. The number of carboxylic acids is 1. The molecule has 1 aromatic heterocycles. The number of hydrogen-bond acceptors (Lipinski definition) is 5. The second-order valence-electron chi connectivity index (χ2n) is 6.42. The summed E-state index contributed by atoms with van der Waals surface area (Å²) in [5.41, 5.74) is 1.37. The third-order valence-electron chi connectivity index (χ3n) is 4.62. The number of sulfone groups is 1. The molecule has 1 N–H and O–H groups in total. The summed E-state index contributed by atoms with van der Waals surface area (Å²) in [5.74, 6) is -0.905. The number of rotatable bonds is 6. The Morgan fingerprint density at radius 3 is 2.48 bits per heavy atom. The van der Waals surface area contributed by atoms with Gasteiger partial charge >= 0.3 is 5.97 Å². The normalized spacial score (nSPS) is 13.9. The lowest BCUT2D eigenvalue weighted by atomic mass is 9.99. The fourth-order valence-electron chi connectivity index (χ4n) is 2.93. The molecule has 0 amide bonds. The number of benzene rings is 2. The summed E-state index contributed by atoms with van der Waals surface area (Å²) in [6, 6.07) is 14.6. The van der Waals surface area contributed by atoms with Crippen molar-refractivity contribution in [1.29, 1.82) is 0 Å². The maximum Gasteiger partial charge on any atom is 0.325 e. The minimum atomic E-state index is -4.15. The first-order valence-electron chi connectivity index (χ1n) is 8.24. The van der Waals surface area contributed by atoms with Crippen LogP contribution in [0.2, 0.25) is 0 Å². The summed E-state index contributed by atoms with van der Waals surface area (Å²) in [7, 11) is -2.68. The highest BCUT2D eigenvalue weighted by Gasteiger charge is 2.47. The Hall–Kier alpha value is -2.93. The summed E-state index contributed by atoms with van der Waals surface area (Å²) in [6.07, 6.45) is 1.50. The summed E-state index contributed by atoms with van der Waals surface area (Å²) in [5, 5.41) is 10.6. The lowest BCUT2D eigenvalue weighted by molar-refractivity contribution is -0.139. The molecule has 27 heavy (non-hydrogen) atoms. The average molecular weight is 385 g/mol. The van der Waals surface area contributed by atoms with Gasteiger partial charge in [0.15, 0.2) is 14.6 Å². The molecule has 1 heterocycles. The molecule has 0 saturated heterocycles. The maximum atomic E-state index is 13.1. The van der Waals surface area contributed by atoms with E-state index in [0.717, 1.165) is 10.9 Å². The quantitative estimate of drug-likeness (QED) is 0.701. The molecule has 0 saturated carbocycles. The van der Waals surface area contributed by atoms with Crippen molar-refractivity contribution in [3.05, 3.63) is 66.4 Å². The number of aliphatic carboxylic acids is 1. The summed E-state index contributed by atoms with van der Waals surface area (Å²) < 4.78 is 29.3. The molecule has 7 heteroatoms. The van der Waals surface area contributed by atoms with Crippen molar-refractivity contribution in [2.75, 3.05) is 7.11 Å². The van der Waals surface area contributed by atoms with E-state index >= 15 is 0 Å². The fourth-order valence-corrected chi connectivity index (χ4v) is 4.53. The molecule has 3 aromatic rings. The molecule has 0 bridgehead atoms. The number of ether oxygens (including phenoxy) is 1. The first-order chi connectivity index (χ1) is 12.8. The highest BCUT2D eigenvalue weighted by atomic mass is 32.2. The lowest BCUT2D eigenvalue weighted by Crippen LogP contribution is -2.45. The van der Waals surface area contributed by atoms with Crippen LogP contribution in [-0.2, 0) is 21.1 Å². The van der Waals surface area contributed by atoms with Crippen LogP contribution in [0.4, 0.5) is 0 Å². The van der Waals surface area contributed by atoms with Crippen LogP contribution in [0, 0.1) is 0 Å². The van der Waals surface area contributed by atoms with Gasteiger partial charge in [-0.05, 0) is 55.0 Å². The smallest absolute Gasteiger partial charge is 0.325 e. The van der Waals surface area contributed by atoms with Crippen molar-refractivity contribution >= 4 is 26.7 Å². The predicted molar refractivity (Wildman–Crippen MR) is 102 cm³/mol. The van der Waals surface area contributed by atoms with E-state index in [1.165, 1.54) is 38.3 Å². The van der Waals surface area contributed by atoms with E-state index in [0.29, 0.717) is 11.3 Å². The zero-order valence-electron chi connectivity index (χ0n) is 14.9. The van der Waals surface area contributed by atoms with Crippen molar-refractivity contribution in [2.45, 2.75) is 23.0 Å². The highest BCUT2D eigenvalue weighted by Crippen LogP contribution is 2.31. The Morgan fingerprint density at radius 2 is 1.85 bits per heavy atom. The van der Waals surface area contributed by atoms with Gasteiger partial charge in [-0.25, -0.2) is 8.42 Å². The van der Waals surface area contributed by atoms with Crippen LogP contribution in [0.15, 0.2) is 65.7 Å². The van der Waals surface area contributed by atoms with Gasteiger partial charge in [-0.3, -0.25) is 9.78 Å². The second kappa shape index (κ2) is 7.00. The molecule has 2 aromatic carbocycles. The zero-order chi connectivity index (χ0) is 19.7. The number of methoxy groups -OCH3 is 1. The van der Waals surface area contributed by atoms with Gasteiger partial charge in [-0.2, -0.15) is 0 Å². The SMILES string of the molecule is COc1ccc(S(=O)(=O)C(C)(Cc2ccc3ncccc3c2)C(=O)O)cc1. The Kier molecular flexibility index (Phi) is 4.89. The van der Waals surface area contributed by atoms with Gasteiger partial charge in [0.25, 0.3) is 0 Å². The lowest BCUT2D eigenvalue weighted by Gasteiger charge is -2.25. The minimum absolute atomic E-state index is 0.0596. The van der Waals surface area contributed by atoms with Gasteiger partial charge in [0.1, 0.15) is 5.75 Å². The molecule has 1 unspecified atom stereocenters. The second-order valence-corrected chi connectivity index (χ2v) is 8.80. The number of aromatic nitrogens is 1. The Morgan fingerprint density at radius 1 is 1.15 bits per heavy atom. The number of pyridine rings is 1. The van der Waals surface area contributed by atoms with E-state index in [1.54, 1.807) is 30.5 Å². The van der Waals surface area contributed by atoms with Crippen LogP contribution in [0.5, 0.6) is 5.75 Å². The minimum Gasteiger partial charge on any atom is -0.497 e. The van der Waals surface area contributed by atoms with Crippen molar-refractivity contribution in [3.63, 3.8) is 0 Å². The predicted octanol–water partition coefficient (Wildman–Crippen LogP) is 3.10. The Balaban J connectivity index is 2.04. The van der Waals surface area contributed by atoms with Gasteiger partial charge < -0.3 is 9.84 Å². The van der Waals surface area contributed by atoms with Gasteiger partial charge in [-0.15, -0.1) is 0 Å². The summed E-state index contributed by atoms with van der Waals surface area (Å²) >= 11 is 0. The van der Waals surface area contributed by atoms with Crippen LogP contribution in [0.25, 0.3) is 10.9 Å². The Labute approximate surface area is 157 Å². The molecule has 1 atom stereocenters.